The zero-order valence-corrected chi connectivity index (χ0v) is 12.3. The van der Waals surface area contributed by atoms with Crippen LogP contribution in [0.15, 0.2) is 12.7 Å². The van der Waals surface area contributed by atoms with Crippen LogP contribution in [0.25, 0.3) is 0 Å². The first kappa shape index (κ1) is 14.8. The SMILES string of the molecule is C=CCC1CC(C)(C)CCC1CNCC(C)C. The van der Waals surface area contributed by atoms with E-state index in [1.807, 2.05) is 0 Å². The Balaban J connectivity index is 2.43. The molecule has 0 aliphatic heterocycles. The van der Waals surface area contributed by atoms with Gasteiger partial charge in [-0.05, 0) is 61.9 Å². The molecule has 1 fully saturated rings. The Morgan fingerprint density at radius 1 is 1.35 bits per heavy atom. The Hall–Kier alpha value is -0.300. The lowest BCUT2D eigenvalue weighted by Crippen LogP contribution is -2.36. The molecule has 0 amide bonds. The van der Waals surface area contributed by atoms with Crippen molar-refractivity contribution in [1.82, 2.24) is 5.32 Å². The number of nitrogens with one attached hydrogen (secondary N) is 1. The maximum atomic E-state index is 3.93. The van der Waals surface area contributed by atoms with Gasteiger partial charge in [-0.15, -0.1) is 6.58 Å². The van der Waals surface area contributed by atoms with E-state index in [9.17, 15) is 0 Å². The van der Waals surface area contributed by atoms with E-state index >= 15 is 0 Å². The molecule has 0 spiro atoms. The molecule has 0 radical (unpaired) electrons. The van der Waals surface area contributed by atoms with Crippen LogP contribution in [0.1, 0.15) is 53.4 Å². The first-order valence-corrected chi connectivity index (χ1v) is 7.26. The van der Waals surface area contributed by atoms with Gasteiger partial charge >= 0.3 is 0 Å². The highest BCUT2D eigenvalue weighted by Gasteiger charge is 2.33. The molecule has 2 atom stereocenters. The molecule has 1 saturated carbocycles. The van der Waals surface area contributed by atoms with Crippen LogP contribution < -0.4 is 5.32 Å². The van der Waals surface area contributed by atoms with E-state index in [1.165, 1.54) is 32.2 Å². The van der Waals surface area contributed by atoms with Gasteiger partial charge in [0.2, 0.25) is 0 Å². The molecule has 2 unspecified atom stereocenters. The van der Waals surface area contributed by atoms with Gasteiger partial charge in [0, 0.05) is 0 Å². The third kappa shape index (κ3) is 5.25. The summed E-state index contributed by atoms with van der Waals surface area (Å²) in [5.74, 6) is 2.46. The Morgan fingerprint density at radius 2 is 2.06 bits per heavy atom. The maximum Gasteiger partial charge on any atom is -0.00176 e. The van der Waals surface area contributed by atoms with Crippen molar-refractivity contribution in [3.63, 3.8) is 0 Å². The number of rotatable bonds is 6. The number of hydrogen-bond donors (Lipinski definition) is 1. The topological polar surface area (TPSA) is 12.0 Å². The molecule has 0 aromatic heterocycles. The summed E-state index contributed by atoms with van der Waals surface area (Å²) < 4.78 is 0. The van der Waals surface area contributed by atoms with E-state index in [-0.39, 0.29) is 0 Å². The Kier molecular flexibility index (Phi) is 5.72. The summed E-state index contributed by atoms with van der Waals surface area (Å²) in [6.07, 6.45) is 7.44. The first-order valence-electron chi connectivity index (χ1n) is 7.26. The molecule has 0 saturated heterocycles. The van der Waals surface area contributed by atoms with Crippen LogP contribution in [0.2, 0.25) is 0 Å². The third-order valence-electron chi connectivity index (χ3n) is 4.10. The number of allylic oxidation sites excluding steroid dienone is 1. The average molecular weight is 237 g/mol. The van der Waals surface area contributed by atoms with E-state index in [4.69, 9.17) is 0 Å². The fourth-order valence-corrected chi connectivity index (χ4v) is 3.11. The van der Waals surface area contributed by atoms with Crippen molar-refractivity contribution < 1.29 is 0 Å². The van der Waals surface area contributed by atoms with Gasteiger partial charge in [-0.1, -0.05) is 33.8 Å². The maximum absolute atomic E-state index is 3.93. The molecule has 0 aromatic rings. The highest BCUT2D eigenvalue weighted by atomic mass is 14.9. The van der Waals surface area contributed by atoms with Crippen LogP contribution in [0.3, 0.4) is 0 Å². The fourth-order valence-electron chi connectivity index (χ4n) is 3.11. The molecule has 1 N–H and O–H groups in total. The molecule has 0 aromatic carbocycles. The van der Waals surface area contributed by atoms with Gasteiger partial charge in [-0.2, -0.15) is 0 Å². The average Bonchev–Trinajstić information content (AvgIpc) is 2.20. The zero-order chi connectivity index (χ0) is 12.9. The van der Waals surface area contributed by atoms with Crippen molar-refractivity contribution >= 4 is 0 Å². The lowest BCUT2D eigenvalue weighted by molar-refractivity contribution is 0.117. The summed E-state index contributed by atoms with van der Waals surface area (Å²) in [6.45, 7) is 15.7. The molecule has 1 aliphatic rings. The monoisotopic (exact) mass is 237 g/mol. The van der Waals surface area contributed by atoms with Crippen molar-refractivity contribution in [2.75, 3.05) is 13.1 Å². The van der Waals surface area contributed by atoms with Crippen LogP contribution in [0.4, 0.5) is 0 Å². The van der Waals surface area contributed by atoms with Gasteiger partial charge in [-0.3, -0.25) is 0 Å². The van der Waals surface area contributed by atoms with E-state index in [2.05, 4.69) is 45.7 Å². The van der Waals surface area contributed by atoms with Gasteiger partial charge < -0.3 is 5.32 Å². The van der Waals surface area contributed by atoms with Crippen molar-refractivity contribution in [3.05, 3.63) is 12.7 Å². The summed E-state index contributed by atoms with van der Waals surface area (Å²) in [5.41, 5.74) is 0.544. The van der Waals surface area contributed by atoms with E-state index < -0.39 is 0 Å². The van der Waals surface area contributed by atoms with Gasteiger partial charge in [0.1, 0.15) is 0 Å². The third-order valence-corrected chi connectivity index (χ3v) is 4.10. The van der Waals surface area contributed by atoms with Crippen molar-refractivity contribution in [3.8, 4) is 0 Å². The second-order valence-corrected chi connectivity index (χ2v) is 7.00. The normalized spacial score (nSPS) is 28.3. The smallest absolute Gasteiger partial charge is 0.00176 e. The second-order valence-electron chi connectivity index (χ2n) is 7.00. The van der Waals surface area contributed by atoms with E-state index in [1.54, 1.807) is 0 Å². The Morgan fingerprint density at radius 3 is 2.65 bits per heavy atom. The Labute approximate surface area is 108 Å². The lowest BCUT2D eigenvalue weighted by atomic mass is 9.66. The fraction of sp³-hybridized carbons (Fsp3) is 0.875. The van der Waals surface area contributed by atoms with Crippen molar-refractivity contribution in [2.45, 2.75) is 53.4 Å². The van der Waals surface area contributed by atoms with E-state index in [0.29, 0.717) is 5.41 Å². The molecule has 17 heavy (non-hydrogen) atoms. The molecular weight excluding hydrogens is 206 g/mol. The molecule has 0 heterocycles. The summed E-state index contributed by atoms with van der Waals surface area (Å²) in [6, 6.07) is 0. The molecule has 100 valence electrons. The van der Waals surface area contributed by atoms with Crippen LogP contribution >= 0.6 is 0 Å². The van der Waals surface area contributed by atoms with Crippen LogP contribution in [-0.2, 0) is 0 Å². The van der Waals surface area contributed by atoms with Crippen LogP contribution in [-0.4, -0.2) is 13.1 Å². The van der Waals surface area contributed by atoms with E-state index in [0.717, 1.165) is 24.3 Å². The Bertz CT molecular complexity index is 230. The van der Waals surface area contributed by atoms with Crippen LogP contribution in [0, 0.1) is 23.2 Å². The van der Waals surface area contributed by atoms with Crippen molar-refractivity contribution in [1.29, 1.82) is 0 Å². The minimum atomic E-state index is 0.544. The molecule has 1 nitrogen and oxygen atoms in total. The van der Waals surface area contributed by atoms with Gasteiger partial charge in [0.05, 0.1) is 0 Å². The molecule has 1 aliphatic carbocycles. The molecule has 1 heteroatoms. The van der Waals surface area contributed by atoms with Gasteiger partial charge in [0.25, 0.3) is 0 Å². The highest BCUT2D eigenvalue weighted by Crippen LogP contribution is 2.43. The quantitative estimate of drug-likeness (QED) is 0.681. The first-order chi connectivity index (χ1) is 7.94. The predicted molar refractivity (Wildman–Crippen MR) is 77.1 cm³/mol. The van der Waals surface area contributed by atoms with Gasteiger partial charge in [-0.25, -0.2) is 0 Å². The van der Waals surface area contributed by atoms with Gasteiger partial charge in [0.15, 0.2) is 0 Å². The summed E-state index contributed by atoms with van der Waals surface area (Å²) in [4.78, 5) is 0. The second kappa shape index (κ2) is 6.58. The summed E-state index contributed by atoms with van der Waals surface area (Å²) >= 11 is 0. The molecule has 0 bridgehead atoms. The summed E-state index contributed by atoms with van der Waals surface area (Å²) in [5, 5.41) is 3.64. The standard InChI is InChI=1S/C16H31N/c1-6-7-14-10-16(4,5)9-8-15(14)12-17-11-13(2)3/h6,13-15,17H,1,7-12H2,2-5H3. The molecular formula is C16H31N. The zero-order valence-electron chi connectivity index (χ0n) is 12.3. The van der Waals surface area contributed by atoms with Crippen molar-refractivity contribution in [2.24, 2.45) is 23.2 Å². The lowest BCUT2D eigenvalue weighted by Gasteiger charge is -2.41. The predicted octanol–water partition coefficient (Wildman–Crippen LogP) is 4.25. The molecule has 1 rings (SSSR count). The minimum absolute atomic E-state index is 0.544. The largest absolute Gasteiger partial charge is 0.316 e. The summed E-state index contributed by atoms with van der Waals surface area (Å²) in [7, 11) is 0. The van der Waals surface area contributed by atoms with Crippen LogP contribution in [0.5, 0.6) is 0 Å². The number of hydrogen-bond acceptors (Lipinski definition) is 1. The minimum Gasteiger partial charge on any atom is -0.316 e. The highest BCUT2D eigenvalue weighted by molar-refractivity contribution is 4.89.